The van der Waals surface area contributed by atoms with Crippen LogP contribution < -0.4 is 0 Å². The van der Waals surface area contributed by atoms with Crippen LogP contribution in [0.4, 0.5) is 0 Å². The van der Waals surface area contributed by atoms with Crippen LogP contribution in [-0.4, -0.2) is 43.0 Å². The quantitative estimate of drug-likeness (QED) is 0.819. The topological polar surface area (TPSA) is 59.5 Å². The number of ether oxygens (including phenoxy) is 1. The molecule has 0 unspecified atom stereocenters. The monoisotopic (exact) mass is 282 g/mol. The van der Waals surface area contributed by atoms with Crippen molar-refractivity contribution in [2.45, 2.75) is 36.9 Å². The summed E-state index contributed by atoms with van der Waals surface area (Å²) < 4.78 is 32.4. The predicted octanol–water partition coefficient (Wildman–Crippen LogP) is 1.27. The molecule has 3 atom stereocenters. The van der Waals surface area contributed by atoms with Gasteiger partial charge in [-0.05, 0) is 31.9 Å². The number of hydrogen-bond acceptors (Lipinski definition) is 4. The number of sulfonamides is 1. The van der Waals surface area contributed by atoms with Gasteiger partial charge in [0.05, 0.1) is 12.2 Å². The number of fused-ring (bicyclic) bond motifs is 1. The van der Waals surface area contributed by atoms with Crippen LogP contribution in [0.3, 0.4) is 0 Å². The molecule has 5 nitrogen and oxygen atoms in total. The SMILES string of the molecule is C[C@H]1C[C@H]2CN(S(=O)(=O)c3cccnc3)CC[C@H]2O1. The van der Waals surface area contributed by atoms with Gasteiger partial charge in [-0.3, -0.25) is 4.98 Å². The second kappa shape index (κ2) is 4.85. The number of hydrogen-bond donors (Lipinski definition) is 0. The second-order valence-corrected chi connectivity index (χ2v) is 7.26. The van der Waals surface area contributed by atoms with Gasteiger partial charge in [0.1, 0.15) is 4.90 Å². The average Bonchev–Trinajstić information content (AvgIpc) is 2.78. The lowest BCUT2D eigenvalue weighted by molar-refractivity contribution is 0.0206. The number of rotatable bonds is 2. The Balaban J connectivity index is 1.80. The molecular weight excluding hydrogens is 264 g/mol. The largest absolute Gasteiger partial charge is 0.375 e. The molecule has 0 radical (unpaired) electrons. The molecule has 104 valence electrons. The molecule has 1 aromatic heterocycles. The fraction of sp³-hybridized carbons (Fsp3) is 0.615. The minimum atomic E-state index is -3.40. The lowest BCUT2D eigenvalue weighted by atomic mass is 9.94. The molecular formula is C13H18N2O3S. The third-order valence-corrected chi connectivity index (χ3v) is 5.79. The van der Waals surface area contributed by atoms with Crippen LogP contribution in [0, 0.1) is 5.92 Å². The standard InChI is InChI=1S/C13H18N2O3S/c1-10-7-11-9-15(6-4-13(11)18-10)19(16,17)12-3-2-5-14-8-12/h2-3,5,8,10-11,13H,4,6-7,9H2,1H3/t10-,11-,13+/m0/s1. The van der Waals surface area contributed by atoms with Crippen molar-refractivity contribution in [1.29, 1.82) is 0 Å². The van der Waals surface area contributed by atoms with E-state index in [9.17, 15) is 8.42 Å². The van der Waals surface area contributed by atoms with Crippen molar-refractivity contribution in [3.8, 4) is 0 Å². The summed E-state index contributed by atoms with van der Waals surface area (Å²) in [5.74, 6) is 0.329. The molecule has 0 amide bonds. The van der Waals surface area contributed by atoms with E-state index in [1.165, 1.54) is 6.20 Å². The first-order valence-electron chi connectivity index (χ1n) is 6.63. The summed E-state index contributed by atoms with van der Waals surface area (Å²) in [6.45, 7) is 3.15. The maximum absolute atomic E-state index is 12.5. The molecule has 2 aliphatic rings. The second-order valence-electron chi connectivity index (χ2n) is 5.32. The fourth-order valence-corrected chi connectivity index (χ4v) is 4.51. The van der Waals surface area contributed by atoms with Crippen molar-refractivity contribution in [2.75, 3.05) is 13.1 Å². The maximum atomic E-state index is 12.5. The van der Waals surface area contributed by atoms with Crippen molar-refractivity contribution in [2.24, 2.45) is 5.92 Å². The Morgan fingerprint density at radius 1 is 1.47 bits per heavy atom. The summed E-state index contributed by atoms with van der Waals surface area (Å²) in [7, 11) is -3.40. The van der Waals surface area contributed by atoms with Crippen molar-refractivity contribution in [3.05, 3.63) is 24.5 Å². The minimum absolute atomic E-state index is 0.232. The van der Waals surface area contributed by atoms with Crippen LogP contribution >= 0.6 is 0 Å². The molecule has 3 rings (SSSR count). The highest BCUT2D eigenvalue weighted by atomic mass is 32.2. The van der Waals surface area contributed by atoms with Gasteiger partial charge in [0.2, 0.25) is 10.0 Å². The molecule has 1 aromatic rings. The summed E-state index contributed by atoms with van der Waals surface area (Å²) >= 11 is 0. The smallest absolute Gasteiger partial charge is 0.244 e. The summed E-state index contributed by atoms with van der Waals surface area (Å²) in [5, 5.41) is 0. The third kappa shape index (κ3) is 2.40. The van der Waals surface area contributed by atoms with Crippen LogP contribution in [0.15, 0.2) is 29.4 Å². The van der Waals surface area contributed by atoms with Crippen LogP contribution in [0.1, 0.15) is 19.8 Å². The lowest BCUT2D eigenvalue weighted by Gasteiger charge is -2.33. The van der Waals surface area contributed by atoms with Crippen LogP contribution in [0.5, 0.6) is 0 Å². The Morgan fingerprint density at radius 2 is 2.32 bits per heavy atom. The van der Waals surface area contributed by atoms with E-state index in [0.29, 0.717) is 19.0 Å². The zero-order chi connectivity index (χ0) is 13.5. The van der Waals surface area contributed by atoms with Gasteiger partial charge in [0, 0.05) is 31.4 Å². The molecule has 0 aliphatic carbocycles. The molecule has 2 saturated heterocycles. The molecule has 0 saturated carbocycles. The Kier molecular flexibility index (Phi) is 3.32. The van der Waals surface area contributed by atoms with Crippen molar-refractivity contribution in [3.63, 3.8) is 0 Å². The van der Waals surface area contributed by atoms with E-state index in [-0.39, 0.29) is 17.1 Å². The van der Waals surface area contributed by atoms with E-state index in [4.69, 9.17) is 4.74 Å². The van der Waals surface area contributed by atoms with Gasteiger partial charge in [0.15, 0.2) is 0 Å². The van der Waals surface area contributed by atoms with Gasteiger partial charge in [-0.25, -0.2) is 8.42 Å². The molecule has 19 heavy (non-hydrogen) atoms. The Labute approximate surface area is 113 Å². The van der Waals surface area contributed by atoms with Crippen molar-refractivity contribution in [1.82, 2.24) is 9.29 Å². The Morgan fingerprint density at radius 3 is 3.05 bits per heavy atom. The van der Waals surface area contributed by atoms with Gasteiger partial charge >= 0.3 is 0 Å². The van der Waals surface area contributed by atoms with E-state index in [0.717, 1.165) is 12.8 Å². The predicted molar refractivity (Wildman–Crippen MR) is 70.1 cm³/mol. The minimum Gasteiger partial charge on any atom is -0.375 e. The molecule has 2 aliphatic heterocycles. The van der Waals surface area contributed by atoms with Crippen LogP contribution in [0.25, 0.3) is 0 Å². The average molecular weight is 282 g/mol. The van der Waals surface area contributed by atoms with E-state index in [1.807, 2.05) is 0 Å². The van der Waals surface area contributed by atoms with Crippen LogP contribution in [0.2, 0.25) is 0 Å². The van der Waals surface area contributed by atoms with E-state index in [1.54, 1.807) is 22.6 Å². The maximum Gasteiger partial charge on any atom is 0.244 e. The fourth-order valence-electron chi connectivity index (χ4n) is 3.03. The zero-order valence-electron chi connectivity index (χ0n) is 10.9. The first-order valence-corrected chi connectivity index (χ1v) is 8.07. The molecule has 2 fully saturated rings. The highest BCUT2D eigenvalue weighted by molar-refractivity contribution is 7.89. The molecule has 0 bridgehead atoms. The highest BCUT2D eigenvalue weighted by Gasteiger charge is 2.40. The number of pyridine rings is 1. The van der Waals surface area contributed by atoms with Gasteiger partial charge in [-0.1, -0.05) is 0 Å². The van der Waals surface area contributed by atoms with E-state index < -0.39 is 10.0 Å². The molecule has 3 heterocycles. The van der Waals surface area contributed by atoms with E-state index in [2.05, 4.69) is 11.9 Å². The van der Waals surface area contributed by atoms with Gasteiger partial charge in [0.25, 0.3) is 0 Å². The Bertz CT molecular complexity index is 546. The molecule has 0 N–H and O–H groups in total. The summed E-state index contributed by atoms with van der Waals surface area (Å²) in [6, 6.07) is 3.25. The van der Waals surface area contributed by atoms with Gasteiger partial charge < -0.3 is 4.74 Å². The summed E-state index contributed by atoms with van der Waals surface area (Å²) in [6.07, 6.45) is 5.21. The van der Waals surface area contributed by atoms with Gasteiger partial charge in [-0.2, -0.15) is 4.31 Å². The first-order chi connectivity index (χ1) is 9.07. The highest BCUT2D eigenvalue weighted by Crippen LogP contribution is 2.34. The first kappa shape index (κ1) is 13.0. The number of piperidine rings is 1. The zero-order valence-corrected chi connectivity index (χ0v) is 11.7. The van der Waals surface area contributed by atoms with Gasteiger partial charge in [-0.15, -0.1) is 0 Å². The van der Waals surface area contributed by atoms with Crippen LogP contribution in [-0.2, 0) is 14.8 Å². The number of aromatic nitrogens is 1. The van der Waals surface area contributed by atoms with E-state index >= 15 is 0 Å². The summed E-state index contributed by atoms with van der Waals surface area (Å²) in [5.41, 5.74) is 0. The molecule has 6 heteroatoms. The molecule has 0 aromatic carbocycles. The van der Waals surface area contributed by atoms with Crippen molar-refractivity contribution >= 4 is 10.0 Å². The Hall–Kier alpha value is -0.980. The number of nitrogens with zero attached hydrogens (tertiary/aromatic N) is 2. The van der Waals surface area contributed by atoms with Crippen molar-refractivity contribution < 1.29 is 13.2 Å². The third-order valence-electron chi connectivity index (χ3n) is 3.94. The molecule has 0 spiro atoms. The lowest BCUT2D eigenvalue weighted by Crippen LogP contribution is -2.44. The summed E-state index contributed by atoms with van der Waals surface area (Å²) in [4.78, 5) is 4.17. The normalized spacial score (nSPS) is 32.2.